The van der Waals surface area contributed by atoms with Crippen molar-refractivity contribution in [1.82, 2.24) is 0 Å². The summed E-state index contributed by atoms with van der Waals surface area (Å²) in [5.74, 6) is -0.241. The summed E-state index contributed by atoms with van der Waals surface area (Å²) in [4.78, 5) is 0. The minimum atomic E-state index is -1.36. The lowest BCUT2D eigenvalue weighted by Gasteiger charge is -2.06. The number of aliphatic hydroxyl groups is 2. The first-order chi connectivity index (χ1) is 3.66. The van der Waals surface area contributed by atoms with Gasteiger partial charge in [-0.1, -0.05) is 6.92 Å². The molecule has 0 aliphatic rings. The monoisotopic (exact) mass is 122 g/mol. The first kappa shape index (κ1) is 7.85. The van der Waals surface area contributed by atoms with Crippen molar-refractivity contribution >= 4 is 0 Å². The number of hydrogen-bond acceptors (Lipinski definition) is 2. The van der Waals surface area contributed by atoms with Crippen molar-refractivity contribution in [3.8, 4) is 0 Å². The summed E-state index contributed by atoms with van der Waals surface area (Å²) >= 11 is 0. The molecule has 3 heteroatoms. The Morgan fingerprint density at radius 1 is 1.50 bits per heavy atom. The lowest BCUT2D eigenvalue weighted by atomic mass is 10.1. The van der Waals surface area contributed by atoms with Gasteiger partial charge in [-0.25, -0.2) is 0 Å². The minimum absolute atomic E-state index is 0.122. The Morgan fingerprint density at radius 3 is 2.12 bits per heavy atom. The van der Waals surface area contributed by atoms with E-state index in [1.165, 1.54) is 0 Å². The molecule has 0 aliphatic heterocycles. The molecule has 0 saturated carbocycles. The van der Waals surface area contributed by atoms with E-state index >= 15 is 0 Å². The molecule has 0 aromatic heterocycles. The third-order valence-electron chi connectivity index (χ3n) is 0.877. The predicted octanol–water partition coefficient (Wildman–Crippen LogP) is 0.293. The van der Waals surface area contributed by atoms with Gasteiger partial charge in [-0.15, -0.1) is 0 Å². The van der Waals surface area contributed by atoms with Crippen LogP contribution in [0.4, 0.5) is 4.39 Å². The molecule has 0 bridgehead atoms. The highest BCUT2D eigenvalue weighted by Gasteiger charge is 2.04. The zero-order chi connectivity index (χ0) is 6.57. The van der Waals surface area contributed by atoms with E-state index in [1.54, 1.807) is 6.92 Å². The molecule has 0 spiro atoms. The van der Waals surface area contributed by atoms with E-state index in [2.05, 4.69) is 0 Å². The molecule has 0 aliphatic carbocycles. The van der Waals surface area contributed by atoms with Crippen molar-refractivity contribution in [1.29, 1.82) is 0 Å². The van der Waals surface area contributed by atoms with E-state index in [9.17, 15) is 4.39 Å². The molecule has 1 atom stereocenters. The SMILES string of the molecule is C[C@@H](CF)CC(O)O. The molecule has 0 amide bonds. The fourth-order valence-corrected chi connectivity index (χ4v) is 0.423. The summed E-state index contributed by atoms with van der Waals surface area (Å²) in [7, 11) is 0. The van der Waals surface area contributed by atoms with Gasteiger partial charge < -0.3 is 10.2 Å². The predicted molar refractivity (Wildman–Crippen MR) is 28.0 cm³/mol. The second kappa shape index (κ2) is 3.80. The molecular formula is C5H11FO2. The van der Waals surface area contributed by atoms with Crippen LogP contribution in [0.2, 0.25) is 0 Å². The van der Waals surface area contributed by atoms with Crippen LogP contribution in [0.25, 0.3) is 0 Å². The molecule has 2 nitrogen and oxygen atoms in total. The number of rotatable bonds is 3. The summed E-state index contributed by atoms with van der Waals surface area (Å²) in [5, 5.41) is 16.5. The highest BCUT2D eigenvalue weighted by molar-refractivity contribution is 4.49. The van der Waals surface area contributed by atoms with E-state index in [0.29, 0.717) is 0 Å². The molecule has 8 heavy (non-hydrogen) atoms. The first-order valence-corrected chi connectivity index (χ1v) is 2.59. The van der Waals surface area contributed by atoms with Crippen LogP contribution in [0.15, 0.2) is 0 Å². The summed E-state index contributed by atoms with van der Waals surface area (Å²) in [6.45, 7) is 1.14. The van der Waals surface area contributed by atoms with Crippen molar-refractivity contribution in [3.05, 3.63) is 0 Å². The molecule has 0 aromatic carbocycles. The molecular weight excluding hydrogens is 111 g/mol. The summed E-state index contributed by atoms with van der Waals surface area (Å²) in [6.07, 6.45) is -1.24. The zero-order valence-electron chi connectivity index (χ0n) is 4.84. The lowest BCUT2D eigenvalue weighted by Crippen LogP contribution is -2.11. The highest BCUT2D eigenvalue weighted by Crippen LogP contribution is 2.03. The van der Waals surface area contributed by atoms with Gasteiger partial charge in [-0.3, -0.25) is 4.39 Å². The Hall–Kier alpha value is -0.150. The highest BCUT2D eigenvalue weighted by atomic mass is 19.1. The van der Waals surface area contributed by atoms with Gasteiger partial charge in [0.05, 0.1) is 6.67 Å². The molecule has 0 fully saturated rings. The maximum Gasteiger partial charge on any atom is 0.151 e. The molecule has 0 unspecified atom stereocenters. The average Bonchev–Trinajstić information content (AvgIpc) is 1.65. The van der Waals surface area contributed by atoms with Crippen LogP contribution in [0.3, 0.4) is 0 Å². The van der Waals surface area contributed by atoms with E-state index in [-0.39, 0.29) is 12.3 Å². The average molecular weight is 122 g/mol. The zero-order valence-corrected chi connectivity index (χ0v) is 4.84. The Kier molecular flexibility index (Phi) is 3.73. The van der Waals surface area contributed by atoms with Gasteiger partial charge in [0.2, 0.25) is 0 Å². The molecule has 0 saturated heterocycles. The largest absolute Gasteiger partial charge is 0.368 e. The quantitative estimate of drug-likeness (QED) is 0.528. The van der Waals surface area contributed by atoms with Crippen LogP contribution < -0.4 is 0 Å². The van der Waals surface area contributed by atoms with Crippen LogP contribution in [0, 0.1) is 5.92 Å². The third-order valence-corrected chi connectivity index (χ3v) is 0.877. The van der Waals surface area contributed by atoms with Crippen molar-refractivity contribution < 1.29 is 14.6 Å². The van der Waals surface area contributed by atoms with Crippen molar-refractivity contribution in [3.63, 3.8) is 0 Å². The lowest BCUT2D eigenvalue weighted by molar-refractivity contribution is -0.0560. The van der Waals surface area contributed by atoms with Crippen molar-refractivity contribution in [2.75, 3.05) is 6.67 Å². The number of hydrogen-bond donors (Lipinski definition) is 2. The number of halogens is 1. The fourth-order valence-electron chi connectivity index (χ4n) is 0.423. The first-order valence-electron chi connectivity index (χ1n) is 2.59. The van der Waals surface area contributed by atoms with Gasteiger partial charge in [-0.2, -0.15) is 0 Å². The van der Waals surface area contributed by atoms with Gasteiger partial charge in [-0.05, 0) is 5.92 Å². The maximum absolute atomic E-state index is 11.5. The van der Waals surface area contributed by atoms with E-state index in [0.717, 1.165) is 0 Å². The minimum Gasteiger partial charge on any atom is -0.368 e. The molecule has 0 heterocycles. The van der Waals surface area contributed by atoms with Gasteiger partial charge in [0, 0.05) is 6.42 Å². The Balaban J connectivity index is 3.10. The van der Waals surface area contributed by atoms with Crippen LogP contribution >= 0.6 is 0 Å². The topological polar surface area (TPSA) is 40.5 Å². The maximum atomic E-state index is 11.5. The Labute approximate surface area is 48.0 Å². The van der Waals surface area contributed by atoms with Crippen LogP contribution in [0.5, 0.6) is 0 Å². The number of alkyl halides is 1. The third kappa shape index (κ3) is 4.02. The fraction of sp³-hybridized carbons (Fsp3) is 1.00. The molecule has 2 N–H and O–H groups in total. The summed E-state index contributed by atoms with van der Waals surface area (Å²) in [5.41, 5.74) is 0. The van der Waals surface area contributed by atoms with Crippen LogP contribution in [0.1, 0.15) is 13.3 Å². The van der Waals surface area contributed by atoms with E-state index in [4.69, 9.17) is 10.2 Å². The standard InChI is InChI=1S/C5H11FO2/c1-4(3-6)2-5(7)8/h4-5,7-8H,2-3H2,1H3/t4-/m1/s1. The Bertz CT molecular complexity index is 56.4. The normalized spacial score (nSPS) is 14.6. The van der Waals surface area contributed by atoms with Gasteiger partial charge in [0.25, 0.3) is 0 Å². The second-order valence-electron chi connectivity index (χ2n) is 1.98. The van der Waals surface area contributed by atoms with Crippen molar-refractivity contribution in [2.45, 2.75) is 19.6 Å². The molecule has 0 rings (SSSR count). The van der Waals surface area contributed by atoms with E-state index < -0.39 is 13.0 Å². The van der Waals surface area contributed by atoms with Gasteiger partial charge >= 0.3 is 0 Å². The molecule has 0 radical (unpaired) electrons. The second-order valence-corrected chi connectivity index (χ2v) is 1.98. The molecule has 50 valence electrons. The Morgan fingerprint density at radius 2 is 2.00 bits per heavy atom. The number of aliphatic hydroxyl groups excluding tert-OH is 1. The smallest absolute Gasteiger partial charge is 0.151 e. The summed E-state index contributed by atoms with van der Waals surface area (Å²) in [6, 6.07) is 0. The van der Waals surface area contributed by atoms with Gasteiger partial charge in [0.15, 0.2) is 6.29 Å². The summed E-state index contributed by atoms with van der Waals surface area (Å²) < 4.78 is 11.5. The van der Waals surface area contributed by atoms with Crippen LogP contribution in [-0.4, -0.2) is 23.2 Å². The van der Waals surface area contributed by atoms with Gasteiger partial charge in [0.1, 0.15) is 0 Å². The van der Waals surface area contributed by atoms with Crippen molar-refractivity contribution in [2.24, 2.45) is 5.92 Å². The van der Waals surface area contributed by atoms with E-state index in [1.807, 2.05) is 0 Å². The van der Waals surface area contributed by atoms with Crippen LogP contribution in [-0.2, 0) is 0 Å². The molecule has 0 aromatic rings.